The molecule has 3 N–H and O–H groups in total. The van der Waals surface area contributed by atoms with Gasteiger partial charge in [0.1, 0.15) is 5.82 Å². The van der Waals surface area contributed by atoms with Crippen molar-refractivity contribution >= 4 is 15.9 Å². The number of rotatable bonds is 3. The fraction of sp³-hybridized carbons (Fsp3) is 0.647. The van der Waals surface area contributed by atoms with Crippen LogP contribution < -0.4 is 11.3 Å². The molecule has 1 unspecified atom stereocenters. The Morgan fingerprint density at radius 1 is 1.14 bits per heavy atom. The Morgan fingerprint density at radius 2 is 1.71 bits per heavy atom. The van der Waals surface area contributed by atoms with E-state index in [-0.39, 0.29) is 17.3 Å². The molecule has 0 aromatic heterocycles. The summed E-state index contributed by atoms with van der Waals surface area (Å²) in [4.78, 5) is 0. The Balaban J connectivity index is 1.74. The van der Waals surface area contributed by atoms with E-state index in [0.717, 1.165) is 27.8 Å². The van der Waals surface area contributed by atoms with E-state index in [0.29, 0.717) is 0 Å². The van der Waals surface area contributed by atoms with Gasteiger partial charge in [0, 0.05) is 10.0 Å². The average molecular weight is 353 g/mol. The van der Waals surface area contributed by atoms with Crippen LogP contribution in [0.25, 0.3) is 0 Å². The second kappa shape index (κ2) is 5.04. The maximum absolute atomic E-state index is 14.4. The molecule has 0 spiro atoms. The minimum Gasteiger partial charge on any atom is -0.271 e. The number of hydrogen-bond acceptors (Lipinski definition) is 2. The average Bonchev–Trinajstić information content (AvgIpc) is 2.41. The van der Waals surface area contributed by atoms with Crippen LogP contribution in [0.5, 0.6) is 0 Å². The van der Waals surface area contributed by atoms with Crippen LogP contribution in [0.1, 0.15) is 50.1 Å². The van der Waals surface area contributed by atoms with Crippen LogP contribution in [-0.4, -0.2) is 0 Å². The second-order valence-electron chi connectivity index (χ2n) is 7.55. The lowest BCUT2D eigenvalue weighted by Crippen LogP contribution is -2.53. The van der Waals surface area contributed by atoms with Gasteiger partial charge in [0.2, 0.25) is 0 Å². The molecule has 1 atom stereocenters. The van der Waals surface area contributed by atoms with Gasteiger partial charge < -0.3 is 0 Å². The van der Waals surface area contributed by atoms with Crippen LogP contribution in [-0.2, 0) is 0 Å². The van der Waals surface area contributed by atoms with E-state index in [1.54, 1.807) is 12.1 Å². The first-order valence-corrected chi connectivity index (χ1v) is 8.80. The highest BCUT2D eigenvalue weighted by Crippen LogP contribution is 2.64. The first-order chi connectivity index (χ1) is 10.1. The normalized spacial score (nSPS) is 38.7. The molecule has 0 heterocycles. The molecule has 1 aromatic rings. The highest BCUT2D eigenvalue weighted by Gasteiger charge is 2.54. The van der Waals surface area contributed by atoms with Crippen molar-refractivity contribution in [2.45, 2.75) is 44.6 Å². The molecule has 0 amide bonds. The maximum Gasteiger partial charge on any atom is 0.128 e. The number of nitrogens with one attached hydrogen (secondary N) is 1. The van der Waals surface area contributed by atoms with Crippen molar-refractivity contribution in [3.63, 3.8) is 0 Å². The van der Waals surface area contributed by atoms with Crippen molar-refractivity contribution in [1.82, 2.24) is 5.43 Å². The predicted octanol–water partition coefficient (Wildman–Crippen LogP) is 4.31. The van der Waals surface area contributed by atoms with Gasteiger partial charge in [-0.2, -0.15) is 0 Å². The quantitative estimate of drug-likeness (QED) is 0.628. The second-order valence-corrected chi connectivity index (χ2v) is 8.46. The largest absolute Gasteiger partial charge is 0.271 e. The number of hydrazine groups is 1. The summed E-state index contributed by atoms with van der Waals surface area (Å²) in [6.45, 7) is 0. The molecule has 114 valence electrons. The zero-order valence-electron chi connectivity index (χ0n) is 12.1. The molecule has 0 radical (unpaired) electrons. The molecule has 4 bridgehead atoms. The van der Waals surface area contributed by atoms with Crippen LogP contribution in [0, 0.1) is 29.0 Å². The predicted molar refractivity (Wildman–Crippen MR) is 84.8 cm³/mol. The molecule has 4 fully saturated rings. The summed E-state index contributed by atoms with van der Waals surface area (Å²) in [5.41, 5.74) is 3.87. The first-order valence-electron chi connectivity index (χ1n) is 8.01. The summed E-state index contributed by atoms with van der Waals surface area (Å²) in [6, 6.07) is 5.14. The molecular formula is C17H22BrFN2. The van der Waals surface area contributed by atoms with Crippen molar-refractivity contribution in [3.8, 4) is 0 Å². The topological polar surface area (TPSA) is 38.0 Å². The lowest BCUT2D eigenvalue weighted by molar-refractivity contribution is -0.0755. The molecule has 5 rings (SSSR count). The first kappa shape index (κ1) is 14.2. The van der Waals surface area contributed by atoms with Gasteiger partial charge >= 0.3 is 0 Å². The smallest absolute Gasteiger partial charge is 0.128 e. The summed E-state index contributed by atoms with van der Waals surface area (Å²) >= 11 is 3.47. The van der Waals surface area contributed by atoms with Gasteiger partial charge in [0.05, 0.1) is 6.04 Å². The summed E-state index contributed by atoms with van der Waals surface area (Å²) in [5, 5.41) is 0. The summed E-state index contributed by atoms with van der Waals surface area (Å²) in [6.07, 6.45) is 7.78. The third-order valence-corrected chi connectivity index (χ3v) is 6.63. The molecule has 21 heavy (non-hydrogen) atoms. The Kier molecular flexibility index (Phi) is 3.40. The highest BCUT2D eigenvalue weighted by atomic mass is 79.9. The van der Waals surface area contributed by atoms with Crippen molar-refractivity contribution in [2.24, 2.45) is 29.0 Å². The molecule has 1 aromatic carbocycles. The van der Waals surface area contributed by atoms with Gasteiger partial charge in [0.25, 0.3) is 0 Å². The molecule has 4 aliphatic carbocycles. The maximum atomic E-state index is 14.4. The van der Waals surface area contributed by atoms with Gasteiger partial charge in [-0.3, -0.25) is 11.3 Å². The lowest BCUT2D eigenvalue weighted by Gasteiger charge is -2.59. The van der Waals surface area contributed by atoms with E-state index in [4.69, 9.17) is 5.84 Å². The Hall–Kier alpha value is -0.450. The summed E-state index contributed by atoms with van der Waals surface area (Å²) < 4.78 is 15.3. The minimum atomic E-state index is -0.142. The van der Waals surface area contributed by atoms with Crippen LogP contribution in [0.3, 0.4) is 0 Å². The molecule has 0 saturated heterocycles. The summed E-state index contributed by atoms with van der Waals surface area (Å²) in [5.74, 6) is 8.28. The zero-order chi connectivity index (χ0) is 14.6. The minimum absolute atomic E-state index is 0.0663. The van der Waals surface area contributed by atoms with Crippen LogP contribution in [0.2, 0.25) is 0 Å². The number of nitrogens with two attached hydrogens (primary N) is 1. The van der Waals surface area contributed by atoms with Gasteiger partial charge in [0.15, 0.2) is 0 Å². The summed E-state index contributed by atoms with van der Waals surface area (Å²) in [7, 11) is 0. The standard InChI is InChI=1S/C17H22BrFN2/c18-13-1-2-15(19)14(6-13)16(21-20)17-7-10-3-11(8-17)5-12(4-10)9-17/h1-2,6,10-12,16,21H,3-5,7-9,20H2. The van der Waals surface area contributed by atoms with Crippen molar-refractivity contribution in [2.75, 3.05) is 0 Å². The van der Waals surface area contributed by atoms with Crippen LogP contribution in [0.4, 0.5) is 4.39 Å². The molecule has 4 heteroatoms. The van der Waals surface area contributed by atoms with Gasteiger partial charge in [-0.05, 0) is 79.9 Å². The van der Waals surface area contributed by atoms with Crippen molar-refractivity contribution in [1.29, 1.82) is 0 Å². The van der Waals surface area contributed by atoms with Gasteiger partial charge in [-0.15, -0.1) is 0 Å². The Morgan fingerprint density at radius 3 is 2.24 bits per heavy atom. The third-order valence-electron chi connectivity index (χ3n) is 6.13. The third kappa shape index (κ3) is 2.27. The molecular weight excluding hydrogens is 331 g/mol. The fourth-order valence-corrected chi connectivity index (χ4v) is 6.24. The SMILES string of the molecule is NNC(c1cc(Br)ccc1F)C12CC3CC(CC(C3)C1)C2. The molecule has 4 saturated carbocycles. The zero-order valence-corrected chi connectivity index (χ0v) is 13.7. The van der Waals surface area contributed by atoms with E-state index >= 15 is 0 Å². The van der Waals surface area contributed by atoms with Crippen LogP contribution in [0.15, 0.2) is 22.7 Å². The fourth-order valence-electron chi connectivity index (χ4n) is 5.86. The van der Waals surface area contributed by atoms with E-state index in [1.807, 2.05) is 6.07 Å². The Labute approximate surface area is 133 Å². The Bertz CT molecular complexity index is 524. The van der Waals surface area contributed by atoms with E-state index in [1.165, 1.54) is 38.5 Å². The molecule has 0 aliphatic heterocycles. The highest BCUT2D eigenvalue weighted by molar-refractivity contribution is 9.10. The van der Waals surface area contributed by atoms with Crippen LogP contribution >= 0.6 is 15.9 Å². The number of halogens is 2. The van der Waals surface area contributed by atoms with Gasteiger partial charge in [-0.25, -0.2) is 4.39 Å². The molecule has 4 aliphatic rings. The lowest BCUT2D eigenvalue weighted by atomic mass is 9.47. The van der Waals surface area contributed by atoms with E-state index < -0.39 is 0 Å². The van der Waals surface area contributed by atoms with Crippen molar-refractivity contribution in [3.05, 3.63) is 34.1 Å². The monoisotopic (exact) mass is 352 g/mol. The van der Waals surface area contributed by atoms with Gasteiger partial charge in [-0.1, -0.05) is 15.9 Å². The van der Waals surface area contributed by atoms with E-state index in [9.17, 15) is 4.39 Å². The number of hydrogen-bond donors (Lipinski definition) is 2. The van der Waals surface area contributed by atoms with E-state index in [2.05, 4.69) is 21.4 Å². The molecule has 2 nitrogen and oxygen atoms in total. The number of benzene rings is 1. The van der Waals surface area contributed by atoms with Crippen molar-refractivity contribution < 1.29 is 4.39 Å².